The highest BCUT2D eigenvalue weighted by Gasteiger charge is 2.28. The van der Waals surface area contributed by atoms with Gasteiger partial charge >= 0.3 is 5.97 Å². The zero-order valence-electron chi connectivity index (χ0n) is 9.47. The third-order valence-electron chi connectivity index (χ3n) is 2.68. The average molecular weight is 274 g/mol. The van der Waals surface area contributed by atoms with Gasteiger partial charge in [0.1, 0.15) is 0 Å². The Morgan fingerprint density at radius 1 is 1.56 bits per heavy atom. The minimum Gasteiger partial charge on any atom is -0.481 e. The molecule has 0 spiro atoms. The molecule has 1 atom stereocenters. The van der Waals surface area contributed by atoms with Gasteiger partial charge in [0, 0.05) is 13.1 Å². The van der Waals surface area contributed by atoms with Gasteiger partial charge in [0.25, 0.3) is 5.91 Å². The van der Waals surface area contributed by atoms with Gasteiger partial charge in [-0.3, -0.25) is 9.59 Å². The van der Waals surface area contributed by atoms with E-state index in [1.807, 2.05) is 0 Å². The van der Waals surface area contributed by atoms with Crippen molar-refractivity contribution in [3.8, 4) is 0 Å². The van der Waals surface area contributed by atoms with E-state index in [-0.39, 0.29) is 29.7 Å². The summed E-state index contributed by atoms with van der Waals surface area (Å²) in [6, 6.07) is 1.49. The van der Waals surface area contributed by atoms with Crippen LogP contribution in [0.1, 0.15) is 16.8 Å². The van der Waals surface area contributed by atoms with Crippen molar-refractivity contribution in [3.63, 3.8) is 0 Å². The van der Waals surface area contributed by atoms with E-state index in [2.05, 4.69) is 0 Å². The standard InChI is InChI=1S/C11H12ClNO5/c12-10-8(1-3-18-10)11(16)13-2-4-17-7(6-13)5-9(14)15/h1,3,7H,2,4-6H2,(H,14,15). The molecule has 0 saturated carbocycles. The molecule has 0 aromatic carbocycles. The van der Waals surface area contributed by atoms with E-state index < -0.39 is 12.1 Å². The van der Waals surface area contributed by atoms with Crippen LogP contribution >= 0.6 is 11.6 Å². The number of carboxylic acids is 1. The van der Waals surface area contributed by atoms with Crippen LogP contribution < -0.4 is 0 Å². The van der Waals surface area contributed by atoms with Crippen molar-refractivity contribution in [2.75, 3.05) is 19.7 Å². The van der Waals surface area contributed by atoms with Crippen molar-refractivity contribution < 1.29 is 23.8 Å². The molecule has 7 heteroatoms. The van der Waals surface area contributed by atoms with Crippen LogP contribution in [0, 0.1) is 0 Å². The van der Waals surface area contributed by atoms with Crippen molar-refractivity contribution in [1.82, 2.24) is 4.90 Å². The number of nitrogens with zero attached hydrogens (tertiary/aromatic N) is 1. The largest absolute Gasteiger partial charge is 0.481 e. The van der Waals surface area contributed by atoms with Gasteiger partial charge in [-0.1, -0.05) is 0 Å². The van der Waals surface area contributed by atoms with Crippen molar-refractivity contribution in [2.45, 2.75) is 12.5 Å². The summed E-state index contributed by atoms with van der Waals surface area (Å²) in [5.41, 5.74) is 0.285. The zero-order chi connectivity index (χ0) is 13.1. The minimum atomic E-state index is -0.948. The molecule has 1 N–H and O–H groups in total. The predicted molar refractivity (Wildman–Crippen MR) is 61.6 cm³/mol. The van der Waals surface area contributed by atoms with Crippen LogP contribution in [-0.2, 0) is 9.53 Å². The van der Waals surface area contributed by atoms with Crippen LogP contribution in [-0.4, -0.2) is 47.7 Å². The summed E-state index contributed by atoms with van der Waals surface area (Å²) in [5.74, 6) is -1.22. The van der Waals surface area contributed by atoms with Crippen molar-refractivity contribution in [3.05, 3.63) is 23.1 Å². The predicted octanol–water partition coefficient (Wildman–Crippen LogP) is 1.25. The minimum absolute atomic E-state index is 0.0428. The normalized spacial score (nSPS) is 19.8. The molecule has 1 fully saturated rings. The molecule has 18 heavy (non-hydrogen) atoms. The Balaban J connectivity index is 2.03. The summed E-state index contributed by atoms with van der Waals surface area (Å²) in [6.45, 7) is 0.974. The number of carbonyl (C=O) groups is 2. The lowest BCUT2D eigenvalue weighted by Crippen LogP contribution is -2.46. The second-order valence-corrected chi connectivity index (χ2v) is 4.29. The van der Waals surface area contributed by atoms with Crippen LogP contribution in [0.4, 0.5) is 0 Å². The lowest BCUT2D eigenvalue weighted by Gasteiger charge is -2.32. The molecular formula is C11H12ClNO5. The van der Waals surface area contributed by atoms with Gasteiger partial charge < -0.3 is 19.2 Å². The Labute approximate surface area is 108 Å². The van der Waals surface area contributed by atoms with Gasteiger partial charge in [-0.15, -0.1) is 0 Å². The lowest BCUT2D eigenvalue weighted by atomic mass is 10.2. The van der Waals surface area contributed by atoms with E-state index in [4.69, 9.17) is 25.9 Å². The summed E-state index contributed by atoms with van der Waals surface area (Å²) in [4.78, 5) is 24.2. The molecule has 0 bridgehead atoms. The summed E-state index contributed by atoms with van der Waals surface area (Å²) in [7, 11) is 0. The smallest absolute Gasteiger partial charge is 0.306 e. The molecule has 6 nitrogen and oxygen atoms in total. The highest BCUT2D eigenvalue weighted by molar-refractivity contribution is 6.32. The number of rotatable bonds is 3. The third-order valence-corrected chi connectivity index (χ3v) is 2.97. The fourth-order valence-electron chi connectivity index (χ4n) is 1.84. The first-order chi connectivity index (χ1) is 8.58. The Kier molecular flexibility index (Phi) is 3.88. The van der Waals surface area contributed by atoms with Gasteiger partial charge in [0.15, 0.2) is 0 Å². The number of aliphatic carboxylic acids is 1. The fourth-order valence-corrected chi connectivity index (χ4v) is 2.03. The second-order valence-electron chi connectivity index (χ2n) is 3.95. The topological polar surface area (TPSA) is 80.0 Å². The first-order valence-electron chi connectivity index (χ1n) is 5.43. The molecule has 2 heterocycles. The van der Waals surface area contributed by atoms with Gasteiger partial charge in [-0.2, -0.15) is 0 Å². The van der Waals surface area contributed by atoms with E-state index in [9.17, 15) is 9.59 Å². The zero-order valence-corrected chi connectivity index (χ0v) is 10.2. The van der Waals surface area contributed by atoms with Crippen LogP contribution in [0.2, 0.25) is 5.22 Å². The molecule has 98 valence electrons. The number of morpholine rings is 1. The lowest BCUT2D eigenvalue weighted by molar-refractivity contribution is -0.141. The molecule has 1 amide bonds. The quantitative estimate of drug-likeness (QED) is 0.896. The molecule has 0 radical (unpaired) electrons. The fraction of sp³-hybridized carbons (Fsp3) is 0.455. The second kappa shape index (κ2) is 5.41. The number of furan rings is 1. The van der Waals surface area contributed by atoms with E-state index >= 15 is 0 Å². The Morgan fingerprint density at radius 3 is 2.94 bits per heavy atom. The number of halogens is 1. The molecule has 1 aliphatic rings. The molecule has 1 saturated heterocycles. The first-order valence-corrected chi connectivity index (χ1v) is 5.81. The maximum absolute atomic E-state index is 12.1. The van der Waals surface area contributed by atoms with E-state index in [1.54, 1.807) is 0 Å². The summed E-state index contributed by atoms with van der Waals surface area (Å²) in [6.07, 6.45) is 0.735. The summed E-state index contributed by atoms with van der Waals surface area (Å²) >= 11 is 5.74. The number of carbonyl (C=O) groups excluding carboxylic acids is 1. The number of carboxylic acid groups (broad SMARTS) is 1. The van der Waals surface area contributed by atoms with Crippen molar-refractivity contribution in [1.29, 1.82) is 0 Å². The summed E-state index contributed by atoms with van der Waals surface area (Å²) < 4.78 is 10.1. The van der Waals surface area contributed by atoms with E-state index in [1.165, 1.54) is 17.2 Å². The van der Waals surface area contributed by atoms with Gasteiger partial charge in [-0.25, -0.2) is 0 Å². The summed E-state index contributed by atoms with van der Waals surface area (Å²) in [5, 5.41) is 8.74. The number of hydrogen-bond donors (Lipinski definition) is 1. The molecule has 0 aliphatic carbocycles. The Bertz CT molecular complexity index is 458. The highest BCUT2D eigenvalue weighted by Crippen LogP contribution is 2.20. The molecule has 1 aromatic rings. The highest BCUT2D eigenvalue weighted by atomic mass is 35.5. The molecular weight excluding hydrogens is 262 g/mol. The van der Waals surface area contributed by atoms with Crippen molar-refractivity contribution >= 4 is 23.5 Å². The maximum atomic E-state index is 12.1. The van der Waals surface area contributed by atoms with E-state index in [0.29, 0.717) is 13.2 Å². The maximum Gasteiger partial charge on any atom is 0.306 e. The van der Waals surface area contributed by atoms with Crippen LogP contribution in [0.5, 0.6) is 0 Å². The Hall–Kier alpha value is -1.53. The third kappa shape index (κ3) is 2.83. The van der Waals surface area contributed by atoms with Gasteiger partial charge in [-0.05, 0) is 17.7 Å². The SMILES string of the molecule is O=C(O)CC1CN(C(=O)c2ccoc2Cl)CCO1. The molecule has 1 aliphatic heterocycles. The monoisotopic (exact) mass is 273 g/mol. The molecule has 2 rings (SSSR count). The van der Waals surface area contributed by atoms with Crippen LogP contribution in [0.25, 0.3) is 0 Å². The van der Waals surface area contributed by atoms with Crippen LogP contribution in [0.3, 0.4) is 0 Å². The Morgan fingerprint density at radius 2 is 2.33 bits per heavy atom. The number of amides is 1. The number of hydrogen-bond acceptors (Lipinski definition) is 4. The number of ether oxygens (including phenoxy) is 1. The first kappa shape index (κ1) is 12.9. The van der Waals surface area contributed by atoms with Crippen molar-refractivity contribution in [2.24, 2.45) is 0 Å². The molecule has 1 aromatic heterocycles. The van der Waals surface area contributed by atoms with Crippen LogP contribution in [0.15, 0.2) is 16.7 Å². The average Bonchev–Trinajstić information content (AvgIpc) is 2.74. The molecule has 1 unspecified atom stereocenters. The van der Waals surface area contributed by atoms with E-state index in [0.717, 1.165) is 0 Å². The van der Waals surface area contributed by atoms with Gasteiger partial charge in [0.2, 0.25) is 5.22 Å². The van der Waals surface area contributed by atoms with Gasteiger partial charge in [0.05, 0.1) is 31.0 Å².